The zero-order chi connectivity index (χ0) is 12.9. The number of unbranched alkanes of at least 4 members (excludes halogenated alkanes) is 2. The summed E-state index contributed by atoms with van der Waals surface area (Å²) in [5.74, 6) is 0. The van der Waals surface area contributed by atoms with Crippen LogP contribution in [0.1, 0.15) is 38.2 Å². The smallest absolute Gasteiger partial charge is 0.376 e. The molecule has 1 nitrogen and oxygen atoms in total. The summed E-state index contributed by atoms with van der Waals surface area (Å²) in [7, 11) is 0. The highest BCUT2D eigenvalue weighted by Crippen LogP contribution is 2.42. The Kier molecular flexibility index (Phi) is 4.57. The van der Waals surface area contributed by atoms with Gasteiger partial charge in [-0.2, -0.15) is 13.2 Å². The Morgan fingerprint density at radius 3 is 2.12 bits per heavy atom. The molecule has 1 aromatic rings. The molecule has 4 heteroatoms. The van der Waals surface area contributed by atoms with Crippen LogP contribution in [0.15, 0.2) is 30.3 Å². The van der Waals surface area contributed by atoms with Gasteiger partial charge in [-0.15, -0.1) is 0 Å². The molecule has 0 aliphatic heterocycles. The third-order valence-electron chi connectivity index (χ3n) is 2.86. The number of hydrogen-bond donors (Lipinski definition) is 1. The van der Waals surface area contributed by atoms with Gasteiger partial charge in [-0.05, 0) is 18.4 Å². The van der Waals surface area contributed by atoms with Gasteiger partial charge in [-0.25, -0.2) is 0 Å². The molecule has 0 spiro atoms. The van der Waals surface area contributed by atoms with Crippen molar-refractivity contribution in [1.82, 2.24) is 0 Å². The first kappa shape index (κ1) is 14.0. The summed E-state index contributed by atoms with van der Waals surface area (Å²) in [5.41, 5.74) is -2.80. The van der Waals surface area contributed by atoms with Gasteiger partial charge in [-0.3, -0.25) is 0 Å². The van der Waals surface area contributed by atoms with Crippen molar-refractivity contribution in [2.75, 3.05) is 0 Å². The number of rotatable bonds is 5. The fraction of sp³-hybridized carbons (Fsp3) is 0.538. The van der Waals surface area contributed by atoms with Crippen molar-refractivity contribution in [2.45, 2.75) is 44.4 Å². The lowest BCUT2D eigenvalue weighted by Crippen LogP contribution is -2.42. The topological polar surface area (TPSA) is 20.2 Å². The minimum absolute atomic E-state index is 0.0800. The van der Waals surface area contributed by atoms with Crippen molar-refractivity contribution >= 4 is 0 Å². The summed E-state index contributed by atoms with van der Waals surface area (Å²) in [6.45, 7) is 1.91. The van der Waals surface area contributed by atoms with E-state index in [2.05, 4.69) is 0 Å². The van der Waals surface area contributed by atoms with Crippen LogP contribution < -0.4 is 0 Å². The molecule has 0 saturated carbocycles. The quantitative estimate of drug-likeness (QED) is 0.778. The Hall–Kier alpha value is -1.03. The van der Waals surface area contributed by atoms with Crippen LogP contribution in [0.4, 0.5) is 13.2 Å². The minimum atomic E-state index is -4.64. The predicted molar refractivity (Wildman–Crippen MR) is 60.5 cm³/mol. The van der Waals surface area contributed by atoms with Crippen molar-refractivity contribution in [2.24, 2.45) is 0 Å². The summed E-state index contributed by atoms with van der Waals surface area (Å²) in [6, 6.07) is 7.28. The van der Waals surface area contributed by atoms with Crippen LogP contribution in [-0.4, -0.2) is 11.3 Å². The van der Waals surface area contributed by atoms with Crippen LogP contribution in [0.3, 0.4) is 0 Å². The SMILES string of the molecule is CCCCCC(O)(c1ccccc1)C(F)(F)F. The van der Waals surface area contributed by atoms with Crippen LogP contribution in [0.5, 0.6) is 0 Å². The second-order valence-electron chi connectivity index (χ2n) is 4.18. The van der Waals surface area contributed by atoms with Crippen molar-refractivity contribution in [3.63, 3.8) is 0 Å². The molecule has 0 amide bonds. The van der Waals surface area contributed by atoms with Gasteiger partial charge in [0.2, 0.25) is 0 Å². The average Bonchev–Trinajstić information content (AvgIpc) is 2.29. The van der Waals surface area contributed by atoms with E-state index in [4.69, 9.17) is 0 Å². The molecule has 1 rings (SSSR count). The van der Waals surface area contributed by atoms with Gasteiger partial charge in [0.05, 0.1) is 0 Å². The highest BCUT2D eigenvalue weighted by Gasteiger charge is 2.54. The zero-order valence-corrected chi connectivity index (χ0v) is 9.80. The van der Waals surface area contributed by atoms with Crippen LogP contribution in [0, 0.1) is 0 Å². The van der Waals surface area contributed by atoms with E-state index in [0.717, 1.165) is 6.42 Å². The highest BCUT2D eigenvalue weighted by atomic mass is 19.4. The molecular weight excluding hydrogens is 229 g/mol. The molecule has 0 aromatic heterocycles. The molecule has 0 radical (unpaired) electrons. The Balaban J connectivity index is 2.95. The zero-order valence-electron chi connectivity index (χ0n) is 9.80. The Morgan fingerprint density at radius 1 is 1.06 bits per heavy atom. The van der Waals surface area contributed by atoms with E-state index in [-0.39, 0.29) is 12.0 Å². The van der Waals surface area contributed by atoms with Gasteiger partial charge >= 0.3 is 6.18 Å². The van der Waals surface area contributed by atoms with E-state index in [0.29, 0.717) is 12.8 Å². The molecule has 0 saturated heterocycles. The maximum absolute atomic E-state index is 13.0. The van der Waals surface area contributed by atoms with Gasteiger partial charge < -0.3 is 5.11 Å². The maximum atomic E-state index is 13.0. The first-order chi connectivity index (χ1) is 7.92. The van der Waals surface area contributed by atoms with E-state index in [1.165, 1.54) is 24.3 Å². The van der Waals surface area contributed by atoms with Crippen molar-refractivity contribution < 1.29 is 18.3 Å². The monoisotopic (exact) mass is 246 g/mol. The molecule has 0 heterocycles. The fourth-order valence-electron chi connectivity index (χ4n) is 1.79. The molecule has 1 N–H and O–H groups in total. The van der Waals surface area contributed by atoms with Crippen LogP contribution in [0.2, 0.25) is 0 Å². The van der Waals surface area contributed by atoms with E-state index in [1.807, 2.05) is 6.92 Å². The highest BCUT2D eigenvalue weighted by molar-refractivity contribution is 5.24. The molecule has 0 aliphatic carbocycles. The largest absolute Gasteiger partial charge is 0.421 e. The van der Waals surface area contributed by atoms with Crippen LogP contribution >= 0.6 is 0 Å². The van der Waals surface area contributed by atoms with Gasteiger partial charge in [0, 0.05) is 0 Å². The molecule has 0 fully saturated rings. The molecule has 1 unspecified atom stereocenters. The van der Waals surface area contributed by atoms with Crippen LogP contribution in [0.25, 0.3) is 0 Å². The van der Waals surface area contributed by atoms with Crippen LogP contribution in [-0.2, 0) is 5.60 Å². The minimum Gasteiger partial charge on any atom is -0.376 e. The summed E-state index contributed by atoms with van der Waals surface area (Å²) in [5, 5.41) is 9.92. The Bertz CT molecular complexity index is 334. The molecule has 1 atom stereocenters. The summed E-state index contributed by atoms with van der Waals surface area (Å²) in [6.07, 6.45) is -3.05. The number of hydrogen-bond acceptors (Lipinski definition) is 1. The third kappa shape index (κ3) is 3.22. The fourth-order valence-corrected chi connectivity index (χ4v) is 1.79. The second-order valence-corrected chi connectivity index (χ2v) is 4.18. The Morgan fingerprint density at radius 2 is 1.65 bits per heavy atom. The second kappa shape index (κ2) is 5.54. The van der Waals surface area contributed by atoms with E-state index >= 15 is 0 Å². The molecule has 0 bridgehead atoms. The maximum Gasteiger partial charge on any atom is 0.421 e. The molecule has 17 heavy (non-hydrogen) atoms. The predicted octanol–water partition coefficient (Wildman–Crippen LogP) is 4.02. The summed E-state index contributed by atoms with van der Waals surface area (Å²) in [4.78, 5) is 0. The summed E-state index contributed by atoms with van der Waals surface area (Å²) < 4.78 is 38.9. The summed E-state index contributed by atoms with van der Waals surface area (Å²) >= 11 is 0. The lowest BCUT2D eigenvalue weighted by atomic mass is 9.87. The normalized spacial score (nSPS) is 15.6. The lowest BCUT2D eigenvalue weighted by molar-refractivity contribution is -0.269. The van der Waals surface area contributed by atoms with Crippen molar-refractivity contribution in [3.8, 4) is 0 Å². The van der Waals surface area contributed by atoms with Gasteiger partial charge in [0.25, 0.3) is 0 Å². The molecule has 96 valence electrons. The molecule has 0 aliphatic rings. The van der Waals surface area contributed by atoms with Gasteiger partial charge in [0.1, 0.15) is 0 Å². The standard InChI is InChI=1S/C13H17F3O/c1-2-3-7-10-12(17,13(14,15)16)11-8-5-4-6-9-11/h4-6,8-9,17H,2-3,7,10H2,1H3. The average molecular weight is 246 g/mol. The number of alkyl halides is 3. The van der Waals surface area contributed by atoms with E-state index < -0.39 is 11.8 Å². The molecular formula is C13H17F3O. The van der Waals surface area contributed by atoms with E-state index in [1.54, 1.807) is 6.07 Å². The van der Waals surface area contributed by atoms with E-state index in [9.17, 15) is 18.3 Å². The number of aliphatic hydroxyl groups is 1. The third-order valence-corrected chi connectivity index (χ3v) is 2.86. The van der Waals surface area contributed by atoms with Gasteiger partial charge in [-0.1, -0.05) is 50.1 Å². The number of halogens is 3. The van der Waals surface area contributed by atoms with Crippen molar-refractivity contribution in [3.05, 3.63) is 35.9 Å². The molecule has 1 aromatic carbocycles. The number of benzene rings is 1. The first-order valence-corrected chi connectivity index (χ1v) is 5.76. The lowest BCUT2D eigenvalue weighted by Gasteiger charge is -2.31. The first-order valence-electron chi connectivity index (χ1n) is 5.76. The van der Waals surface area contributed by atoms with Gasteiger partial charge in [0.15, 0.2) is 5.60 Å². The van der Waals surface area contributed by atoms with Crippen molar-refractivity contribution in [1.29, 1.82) is 0 Å². The Labute approximate surface area is 99.3 Å².